The van der Waals surface area contributed by atoms with Crippen molar-refractivity contribution in [3.8, 4) is 0 Å². The van der Waals surface area contributed by atoms with Crippen LogP contribution in [0.15, 0.2) is 60.7 Å². The lowest BCUT2D eigenvalue weighted by molar-refractivity contribution is 0.564. The molecule has 0 heterocycles. The Morgan fingerprint density at radius 2 is 1.23 bits per heavy atom. The van der Waals surface area contributed by atoms with Crippen molar-refractivity contribution < 1.29 is 8.42 Å². The lowest BCUT2D eigenvalue weighted by atomic mass is 10.3. The molecular weight excluding hydrogens is 359 g/mol. The monoisotopic (exact) mass is 386 g/mol. The minimum atomic E-state index is -3.03. The Kier molecular flexibility index (Phi) is 5.47. The molecule has 0 radical (unpaired) electrons. The molecule has 4 rings (SSSR count). The normalized spacial score (nSPS) is 24.3. The predicted molar refractivity (Wildman–Crippen MR) is 112 cm³/mol. The second-order valence-corrected chi connectivity index (χ2v) is 12.5. The first-order valence-corrected chi connectivity index (χ1v) is 12.8. The molecule has 0 bridgehead atoms. The fourth-order valence-corrected chi connectivity index (χ4v) is 11.2. The smallest absolute Gasteiger partial charge is 0.156 e. The fraction of sp³-hybridized carbons (Fsp3) is 0.455. The summed E-state index contributed by atoms with van der Waals surface area (Å²) in [4.78, 5) is 0. The molecule has 0 amide bonds. The molecule has 0 saturated heterocycles. The summed E-state index contributed by atoms with van der Waals surface area (Å²) < 4.78 is 26.8. The van der Waals surface area contributed by atoms with Crippen LogP contribution in [0.2, 0.25) is 0 Å². The molecule has 138 valence electrons. The Morgan fingerprint density at radius 1 is 0.692 bits per heavy atom. The summed E-state index contributed by atoms with van der Waals surface area (Å²) in [7, 11) is -3.68. The zero-order valence-electron chi connectivity index (χ0n) is 15.1. The molecule has 0 spiro atoms. The molecule has 4 heteroatoms. The van der Waals surface area contributed by atoms with Gasteiger partial charge in [-0.2, -0.15) is 0 Å². The third-order valence-electron chi connectivity index (χ3n) is 6.01. The predicted octanol–water partition coefficient (Wildman–Crippen LogP) is 4.40. The van der Waals surface area contributed by atoms with Crippen LogP contribution in [-0.2, 0) is 9.84 Å². The third-order valence-corrected chi connectivity index (χ3v) is 12.0. The molecule has 2 saturated carbocycles. The van der Waals surface area contributed by atoms with Crippen molar-refractivity contribution in [2.75, 3.05) is 0 Å². The van der Waals surface area contributed by atoms with Crippen LogP contribution < -0.4 is 10.6 Å². The standard InChI is InChI=1S/C22H27O2PS/c23-26(24,20-14-7-8-15-20)22-17-9-16-21(22)25(18-10-3-1-4-11-18)19-12-5-2-6-13-19/h1-6,10-13,20-22H,7-9,14-17H2/t21?,22-/m0/s1. The van der Waals surface area contributed by atoms with E-state index in [2.05, 4.69) is 48.5 Å². The van der Waals surface area contributed by atoms with E-state index in [1.54, 1.807) is 0 Å². The van der Waals surface area contributed by atoms with E-state index in [9.17, 15) is 8.42 Å². The maximum Gasteiger partial charge on any atom is 0.156 e. The summed E-state index contributed by atoms with van der Waals surface area (Å²) in [5.74, 6) is 0. The van der Waals surface area contributed by atoms with Gasteiger partial charge in [0.1, 0.15) is 0 Å². The molecule has 0 aliphatic heterocycles. The van der Waals surface area contributed by atoms with Gasteiger partial charge in [-0.25, -0.2) is 8.42 Å². The summed E-state index contributed by atoms with van der Waals surface area (Å²) in [5, 5.41) is 2.38. The van der Waals surface area contributed by atoms with Gasteiger partial charge in [0.15, 0.2) is 9.84 Å². The lowest BCUT2D eigenvalue weighted by Gasteiger charge is -2.31. The van der Waals surface area contributed by atoms with Crippen molar-refractivity contribution in [1.82, 2.24) is 0 Å². The molecule has 2 aliphatic rings. The van der Waals surface area contributed by atoms with Crippen molar-refractivity contribution >= 4 is 28.4 Å². The van der Waals surface area contributed by atoms with E-state index in [-0.39, 0.29) is 16.2 Å². The molecule has 2 aliphatic carbocycles. The highest BCUT2D eigenvalue weighted by atomic mass is 32.2. The highest BCUT2D eigenvalue weighted by Gasteiger charge is 2.45. The van der Waals surface area contributed by atoms with Gasteiger partial charge in [0.2, 0.25) is 0 Å². The average Bonchev–Trinajstić information content (AvgIpc) is 3.37. The van der Waals surface area contributed by atoms with Gasteiger partial charge in [0.25, 0.3) is 0 Å². The average molecular weight is 386 g/mol. The van der Waals surface area contributed by atoms with Gasteiger partial charge in [-0.3, -0.25) is 0 Å². The van der Waals surface area contributed by atoms with Crippen molar-refractivity contribution in [3.63, 3.8) is 0 Å². The molecule has 0 aromatic heterocycles. The zero-order valence-corrected chi connectivity index (χ0v) is 16.8. The van der Waals surface area contributed by atoms with E-state index in [4.69, 9.17) is 0 Å². The maximum atomic E-state index is 13.4. The Hall–Kier alpha value is -1.18. The number of sulfone groups is 1. The van der Waals surface area contributed by atoms with Crippen molar-refractivity contribution in [2.45, 2.75) is 61.1 Å². The number of hydrogen-bond acceptors (Lipinski definition) is 2. The minimum Gasteiger partial charge on any atom is -0.228 e. The van der Waals surface area contributed by atoms with E-state index in [0.717, 1.165) is 44.9 Å². The Labute approximate surface area is 158 Å². The van der Waals surface area contributed by atoms with Gasteiger partial charge >= 0.3 is 0 Å². The van der Waals surface area contributed by atoms with Crippen LogP contribution in [0, 0.1) is 0 Å². The van der Waals surface area contributed by atoms with Crippen LogP contribution >= 0.6 is 7.92 Å². The number of hydrogen-bond donors (Lipinski definition) is 0. The summed E-state index contributed by atoms with van der Waals surface area (Å²) >= 11 is 0. The van der Waals surface area contributed by atoms with Gasteiger partial charge in [0, 0.05) is 5.66 Å². The van der Waals surface area contributed by atoms with E-state index in [0.29, 0.717) is 0 Å². The first-order valence-electron chi connectivity index (χ1n) is 9.80. The SMILES string of the molecule is O=S(=O)(C1CCCC1)[C@H]1CCCC1P(c1ccccc1)c1ccccc1. The largest absolute Gasteiger partial charge is 0.228 e. The third kappa shape index (κ3) is 3.49. The second kappa shape index (κ2) is 7.82. The van der Waals surface area contributed by atoms with Crippen molar-refractivity contribution in [2.24, 2.45) is 0 Å². The van der Waals surface area contributed by atoms with Gasteiger partial charge in [0.05, 0.1) is 10.5 Å². The Bertz CT molecular complexity index is 774. The van der Waals surface area contributed by atoms with Crippen molar-refractivity contribution in [1.29, 1.82) is 0 Å². The quantitative estimate of drug-likeness (QED) is 0.714. The van der Waals surface area contributed by atoms with Crippen LogP contribution in [0.4, 0.5) is 0 Å². The van der Waals surface area contributed by atoms with Crippen LogP contribution in [0.5, 0.6) is 0 Å². The fourth-order valence-electron chi connectivity index (χ4n) is 4.76. The molecule has 1 unspecified atom stereocenters. The molecule has 2 aromatic rings. The second-order valence-electron chi connectivity index (χ2n) is 7.57. The van der Waals surface area contributed by atoms with Crippen LogP contribution in [0.25, 0.3) is 0 Å². The molecule has 2 nitrogen and oxygen atoms in total. The van der Waals surface area contributed by atoms with Crippen molar-refractivity contribution in [3.05, 3.63) is 60.7 Å². The van der Waals surface area contributed by atoms with Crippen LogP contribution in [0.3, 0.4) is 0 Å². The zero-order chi connectivity index (χ0) is 18.0. The first-order chi connectivity index (χ1) is 12.7. The topological polar surface area (TPSA) is 34.1 Å². The van der Waals surface area contributed by atoms with Crippen LogP contribution in [0.1, 0.15) is 44.9 Å². The molecule has 2 atom stereocenters. The molecule has 2 aromatic carbocycles. The minimum absolute atomic E-state index is 0.0866. The Balaban J connectivity index is 1.73. The first kappa shape index (κ1) is 18.2. The highest BCUT2D eigenvalue weighted by Crippen LogP contribution is 2.50. The number of benzene rings is 2. The summed E-state index contributed by atoms with van der Waals surface area (Å²) in [5.41, 5.74) is 0.250. The van der Waals surface area contributed by atoms with Crippen LogP contribution in [-0.4, -0.2) is 24.6 Å². The van der Waals surface area contributed by atoms with E-state index in [1.807, 2.05) is 12.1 Å². The van der Waals surface area contributed by atoms with Gasteiger partial charge in [-0.1, -0.05) is 79.9 Å². The number of rotatable bonds is 5. The summed E-state index contributed by atoms with van der Waals surface area (Å²) in [6.07, 6.45) is 6.83. The Morgan fingerprint density at radius 3 is 1.77 bits per heavy atom. The van der Waals surface area contributed by atoms with Gasteiger partial charge in [-0.15, -0.1) is 0 Å². The molecule has 0 N–H and O–H groups in total. The van der Waals surface area contributed by atoms with E-state index < -0.39 is 17.8 Å². The highest BCUT2D eigenvalue weighted by molar-refractivity contribution is 7.93. The maximum absolute atomic E-state index is 13.4. The summed E-state index contributed by atoms with van der Waals surface area (Å²) in [6, 6.07) is 21.2. The van der Waals surface area contributed by atoms with Gasteiger partial charge in [-0.05, 0) is 44.2 Å². The van der Waals surface area contributed by atoms with E-state index in [1.165, 1.54) is 10.6 Å². The van der Waals surface area contributed by atoms with E-state index >= 15 is 0 Å². The molecule has 2 fully saturated rings. The molecular formula is C22H27O2PS. The van der Waals surface area contributed by atoms with Gasteiger partial charge < -0.3 is 0 Å². The lowest BCUT2D eigenvalue weighted by Crippen LogP contribution is -2.38. The molecule has 26 heavy (non-hydrogen) atoms. The summed E-state index contributed by atoms with van der Waals surface area (Å²) in [6.45, 7) is 0.